The first-order valence-corrected chi connectivity index (χ1v) is 8.21. The zero-order valence-corrected chi connectivity index (χ0v) is 13.2. The van der Waals surface area contributed by atoms with Crippen molar-refractivity contribution in [3.63, 3.8) is 0 Å². The van der Waals surface area contributed by atoms with Gasteiger partial charge in [0.15, 0.2) is 0 Å². The van der Waals surface area contributed by atoms with Crippen LogP contribution < -0.4 is 0 Å². The minimum Gasteiger partial charge on any atom is -0.361 e. The molecular formula is C16H22N2OS. The van der Waals surface area contributed by atoms with Crippen molar-refractivity contribution in [2.75, 3.05) is 6.54 Å². The Labute approximate surface area is 124 Å². The van der Waals surface area contributed by atoms with E-state index in [4.69, 9.17) is 4.52 Å². The molecule has 1 fully saturated rings. The van der Waals surface area contributed by atoms with E-state index in [0.29, 0.717) is 12.0 Å². The van der Waals surface area contributed by atoms with Gasteiger partial charge in [-0.1, -0.05) is 19.0 Å². The van der Waals surface area contributed by atoms with Crippen LogP contribution in [-0.2, 0) is 6.54 Å². The van der Waals surface area contributed by atoms with Crippen molar-refractivity contribution in [3.05, 3.63) is 39.4 Å². The number of nitrogens with zero attached hydrogens (tertiary/aromatic N) is 2. The van der Waals surface area contributed by atoms with Crippen molar-refractivity contribution in [1.82, 2.24) is 10.1 Å². The summed E-state index contributed by atoms with van der Waals surface area (Å²) in [6.45, 7) is 8.65. The predicted molar refractivity (Wildman–Crippen MR) is 82.0 cm³/mol. The molecule has 0 radical (unpaired) electrons. The maximum Gasteiger partial charge on any atom is 0.139 e. The molecule has 2 aromatic heterocycles. The zero-order chi connectivity index (χ0) is 14.1. The molecule has 3 rings (SSSR count). The quantitative estimate of drug-likeness (QED) is 0.830. The van der Waals surface area contributed by atoms with Gasteiger partial charge < -0.3 is 4.52 Å². The summed E-state index contributed by atoms with van der Waals surface area (Å²) < 4.78 is 5.47. The number of aryl methyl sites for hydroxylation is 1. The summed E-state index contributed by atoms with van der Waals surface area (Å²) >= 11 is 1.90. The van der Waals surface area contributed by atoms with Gasteiger partial charge in [-0.25, -0.2) is 0 Å². The lowest BCUT2D eigenvalue weighted by atomic mass is 10.1. The number of rotatable bonds is 4. The highest BCUT2D eigenvalue weighted by atomic mass is 32.1. The third kappa shape index (κ3) is 2.81. The van der Waals surface area contributed by atoms with Gasteiger partial charge in [0.1, 0.15) is 11.5 Å². The molecule has 4 heteroatoms. The molecule has 1 aliphatic rings. The molecule has 1 saturated heterocycles. The van der Waals surface area contributed by atoms with Crippen molar-refractivity contribution in [2.24, 2.45) is 0 Å². The average Bonchev–Trinajstić information content (AvgIpc) is 3.10. The number of thiophene rings is 1. The van der Waals surface area contributed by atoms with Gasteiger partial charge in [-0.3, -0.25) is 4.90 Å². The monoisotopic (exact) mass is 290 g/mol. The van der Waals surface area contributed by atoms with Crippen LogP contribution in [0.4, 0.5) is 0 Å². The fourth-order valence-corrected chi connectivity index (χ4v) is 3.77. The van der Waals surface area contributed by atoms with Crippen molar-refractivity contribution in [3.8, 4) is 0 Å². The van der Waals surface area contributed by atoms with Gasteiger partial charge in [0.05, 0.1) is 6.04 Å². The highest BCUT2D eigenvalue weighted by Gasteiger charge is 2.29. The standard InChI is InChI=1S/C16H22N2OS/c1-11(2)16-9-14(17-19-16)15-5-4-8-18(15)10-13-7-6-12(3)20-13/h6-7,9,11,15H,4-5,8,10H2,1-3H3. The second-order valence-electron chi connectivity index (χ2n) is 5.95. The Morgan fingerprint density at radius 3 is 2.95 bits per heavy atom. The molecule has 3 nitrogen and oxygen atoms in total. The molecule has 1 aliphatic heterocycles. The molecule has 20 heavy (non-hydrogen) atoms. The normalized spacial score (nSPS) is 20.1. The van der Waals surface area contributed by atoms with Crippen LogP contribution in [0.5, 0.6) is 0 Å². The van der Waals surface area contributed by atoms with E-state index in [-0.39, 0.29) is 0 Å². The van der Waals surface area contributed by atoms with Crippen molar-refractivity contribution >= 4 is 11.3 Å². The highest BCUT2D eigenvalue weighted by Crippen LogP contribution is 2.34. The molecular weight excluding hydrogens is 268 g/mol. The van der Waals surface area contributed by atoms with Gasteiger partial charge in [-0.15, -0.1) is 11.3 Å². The molecule has 0 aromatic carbocycles. The van der Waals surface area contributed by atoms with Gasteiger partial charge in [-0.2, -0.15) is 0 Å². The lowest BCUT2D eigenvalue weighted by Crippen LogP contribution is -2.22. The lowest BCUT2D eigenvalue weighted by molar-refractivity contribution is 0.238. The Balaban J connectivity index is 1.74. The minimum absolute atomic E-state index is 0.408. The molecule has 3 heterocycles. The summed E-state index contributed by atoms with van der Waals surface area (Å²) in [6, 6.07) is 7.02. The highest BCUT2D eigenvalue weighted by molar-refractivity contribution is 7.11. The molecule has 1 atom stereocenters. The minimum atomic E-state index is 0.408. The lowest BCUT2D eigenvalue weighted by Gasteiger charge is -2.21. The van der Waals surface area contributed by atoms with Gasteiger partial charge in [0, 0.05) is 28.3 Å². The summed E-state index contributed by atoms with van der Waals surface area (Å²) in [5, 5.41) is 4.30. The van der Waals surface area contributed by atoms with E-state index in [0.717, 1.165) is 24.5 Å². The zero-order valence-electron chi connectivity index (χ0n) is 12.4. The Morgan fingerprint density at radius 2 is 2.30 bits per heavy atom. The Hall–Kier alpha value is -1.13. The largest absolute Gasteiger partial charge is 0.361 e. The van der Waals surface area contributed by atoms with Gasteiger partial charge >= 0.3 is 0 Å². The maximum atomic E-state index is 5.47. The van der Waals surface area contributed by atoms with Crippen molar-refractivity contribution in [2.45, 2.75) is 52.1 Å². The first kappa shape index (κ1) is 13.8. The summed E-state index contributed by atoms with van der Waals surface area (Å²) in [5.74, 6) is 1.41. The van der Waals surface area contributed by atoms with Crippen LogP contribution in [0.15, 0.2) is 22.7 Å². The smallest absolute Gasteiger partial charge is 0.139 e. The van der Waals surface area contributed by atoms with Crippen molar-refractivity contribution in [1.29, 1.82) is 0 Å². The van der Waals surface area contributed by atoms with E-state index in [1.165, 1.54) is 22.6 Å². The second kappa shape index (κ2) is 5.70. The topological polar surface area (TPSA) is 29.3 Å². The van der Waals surface area contributed by atoms with Crippen LogP contribution in [-0.4, -0.2) is 16.6 Å². The summed E-state index contributed by atoms with van der Waals surface area (Å²) in [6.07, 6.45) is 2.44. The molecule has 0 bridgehead atoms. The number of aromatic nitrogens is 1. The van der Waals surface area contributed by atoms with E-state index in [1.54, 1.807) is 0 Å². The van der Waals surface area contributed by atoms with E-state index in [2.05, 4.69) is 49.0 Å². The van der Waals surface area contributed by atoms with Crippen LogP contribution in [0.2, 0.25) is 0 Å². The molecule has 0 N–H and O–H groups in total. The van der Waals surface area contributed by atoms with E-state index < -0.39 is 0 Å². The first-order chi connectivity index (χ1) is 9.63. The molecule has 1 unspecified atom stereocenters. The molecule has 0 spiro atoms. The van der Waals surface area contributed by atoms with Crippen molar-refractivity contribution < 1.29 is 4.52 Å². The fourth-order valence-electron chi connectivity index (χ4n) is 2.85. The van der Waals surface area contributed by atoms with Crippen LogP contribution in [0, 0.1) is 6.92 Å². The Morgan fingerprint density at radius 1 is 1.45 bits per heavy atom. The molecule has 0 saturated carbocycles. The predicted octanol–water partition coefficient (Wildman–Crippen LogP) is 4.51. The van der Waals surface area contributed by atoms with E-state index in [1.807, 2.05) is 11.3 Å². The number of hydrogen-bond acceptors (Lipinski definition) is 4. The SMILES string of the molecule is Cc1ccc(CN2CCCC2c2cc(C(C)C)on2)s1. The van der Waals surface area contributed by atoms with Gasteiger partial charge in [0.2, 0.25) is 0 Å². The molecule has 0 amide bonds. The summed E-state index contributed by atoms with van der Waals surface area (Å²) in [5.41, 5.74) is 1.11. The maximum absolute atomic E-state index is 5.47. The van der Waals surface area contributed by atoms with E-state index >= 15 is 0 Å². The second-order valence-corrected chi connectivity index (χ2v) is 7.32. The molecule has 108 valence electrons. The third-order valence-corrected chi connectivity index (χ3v) is 4.96. The van der Waals surface area contributed by atoms with Crippen LogP contribution in [0.25, 0.3) is 0 Å². The molecule has 2 aromatic rings. The number of hydrogen-bond donors (Lipinski definition) is 0. The summed E-state index contributed by atoms with van der Waals surface area (Å²) in [7, 11) is 0. The van der Waals surface area contributed by atoms with Gasteiger partial charge in [-0.05, 0) is 38.4 Å². The Kier molecular flexibility index (Phi) is 3.94. The number of likely N-dealkylation sites (tertiary alicyclic amines) is 1. The van der Waals surface area contributed by atoms with Gasteiger partial charge in [0.25, 0.3) is 0 Å². The Bertz CT molecular complexity index is 573. The third-order valence-electron chi connectivity index (χ3n) is 3.98. The average molecular weight is 290 g/mol. The van der Waals surface area contributed by atoms with E-state index in [9.17, 15) is 0 Å². The van der Waals surface area contributed by atoms with Crippen LogP contribution in [0.3, 0.4) is 0 Å². The van der Waals surface area contributed by atoms with Crippen LogP contribution >= 0.6 is 11.3 Å². The molecule has 0 aliphatic carbocycles. The van der Waals surface area contributed by atoms with Crippen LogP contribution in [0.1, 0.15) is 59.9 Å². The first-order valence-electron chi connectivity index (χ1n) is 7.39. The fraction of sp³-hybridized carbons (Fsp3) is 0.562. The summed E-state index contributed by atoms with van der Waals surface area (Å²) in [4.78, 5) is 5.37.